The summed E-state index contributed by atoms with van der Waals surface area (Å²) in [7, 11) is -3.67. The van der Waals surface area contributed by atoms with Crippen molar-refractivity contribution in [1.29, 1.82) is 5.26 Å². The van der Waals surface area contributed by atoms with Crippen LogP contribution in [0.25, 0.3) is 0 Å². The van der Waals surface area contributed by atoms with Crippen LogP contribution in [0.3, 0.4) is 0 Å². The molecular formula is C5H11N3O2S. The van der Waals surface area contributed by atoms with Crippen LogP contribution in [-0.2, 0) is 10.2 Å². The Kier molecular flexibility index (Phi) is 2.99. The van der Waals surface area contributed by atoms with Gasteiger partial charge in [0.15, 0.2) is 0 Å². The van der Waals surface area contributed by atoms with E-state index in [0.29, 0.717) is 0 Å². The summed E-state index contributed by atoms with van der Waals surface area (Å²) in [6, 6.07) is 1.93. The second-order valence-corrected chi connectivity index (χ2v) is 4.24. The first-order valence-corrected chi connectivity index (χ1v) is 4.50. The highest BCUT2D eigenvalue weighted by Gasteiger charge is 2.18. The van der Waals surface area contributed by atoms with Crippen LogP contribution >= 0.6 is 0 Å². The maximum absolute atomic E-state index is 10.4. The van der Waals surface area contributed by atoms with E-state index < -0.39 is 15.6 Å². The van der Waals surface area contributed by atoms with Crippen LogP contribution in [0, 0.1) is 16.7 Å². The van der Waals surface area contributed by atoms with Crippen molar-refractivity contribution in [2.24, 2.45) is 10.6 Å². The summed E-state index contributed by atoms with van der Waals surface area (Å²) < 4.78 is 22.7. The van der Waals surface area contributed by atoms with E-state index in [1.54, 1.807) is 13.8 Å². The van der Waals surface area contributed by atoms with Gasteiger partial charge in [-0.15, -0.1) is 0 Å². The molecule has 0 aromatic heterocycles. The number of nitrogens with one attached hydrogen (secondary N) is 1. The summed E-state index contributed by atoms with van der Waals surface area (Å²) in [5, 5.41) is 13.1. The Labute approximate surface area is 66.4 Å². The van der Waals surface area contributed by atoms with Crippen molar-refractivity contribution in [1.82, 2.24) is 4.72 Å². The van der Waals surface area contributed by atoms with Gasteiger partial charge in [-0.05, 0) is 13.8 Å². The van der Waals surface area contributed by atoms with Gasteiger partial charge in [-0.3, -0.25) is 0 Å². The second kappa shape index (κ2) is 3.17. The zero-order valence-electron chi connectivity index (χ0n) is 6.46. The van der Waals surface area contributed by atoms with Crippen LogP contribution in [0.5, 0.6) is 0 Å². The third kappa shape index (κ3) is 5.79. The summed E-state index contributed by atoms with van der Waals surface area (Å²) in [5.41, 5.74) is -0.716. The molecule has 0 aliphatic rings. The molecule has 0 saturated heterocycles. The molecular weight excluding hydrogens is 166 g/mol. The lowest BCUT2D eigenvalue weighted by Crippen LogP contribution is -2.37. The molecule has 0 heterocycles. The molecule has 0 unspecified atom stereocenters. The van der Waals surface area contributed by atoms with E-state index in [1.165, 1.54) is 0 Å². The van der Waals surface area contributed by atoms with Crippen LogP contribution in [0.4, 0.5) is 0 Å². The van der Waals surface area contributed by atoms with Gasteiger partial charge in [0, 0.05) is 6.54 Å². The first-order valence-electron chi connectivity index (χ1n) is 2.95. The molecule has 11 heavy (non-hydrogen) atoms. The van der Waals surface area contributed by atoms with Crippen LogP contribution in [-0.4, -0.2) is 15.0 Å². The maximum atomic E-state index is 10.4. The minimum absolute atomic E-state index is 0.0301. The van der Waals surface area contributed by atoms with Crippen LogP contribution in [0.15, 0.2) is 0 Å². The first-order chi connectivity index (χ1) is 4.77. The van der Waals surface area contributed by atoms with Gasteiger partial charge in [0.1, 0.15) is 0 Å². The summed E-state index contributed by atoms with van der Waals surface area (Å²) in [6.45, 7) is 3.26. The summed E-state index contributed by atoms with van der Waals surface area (Å²) in [6.07, 6.45) is 0. The average Bonchev–Trinajstić information content (AvgIpc) is 1.83. The van der Waals surface area contributed by atoms with Gasteiger partial charge in [-0.25, -0.2) is 9.86 Å². The Bertz CT molecular complexity index is 262. The molecule has 0 radical (unpaired) electrons. The Balaban J connectivity index is 4.03. The molecule has 0 aliphatic carbocycles. The number of hydrogen-bond donors (Lipinski definition) is 2. The number of nitrogens with two attached hydrogens (primary N) is 1. The van der Waals surface area contributed by atoms with Crippen molar-refractivity contribution in [3.05, 3.63) is 0 Å². The SMILES string of the molecule is CC(C)(C#N)CNS(N)(=O)=O. The first kappa shape index (κ1) is 10.4. The highest BCUT2D eigenvalue weighted by Crippen LogP contribution is 2.10. The highest BCUT2D eigenvalue weighted by molar-refractivity contribution is 7.87. The third-order valence-corrected chi connectivity index (χ3v) is 1.56. The third-order valence-electron chi connectivity index (χ3n) is 1.02. The van der Waals surface area contributed by atoms with Crippen molar-refractivity contribution >= 4 is 10.2 Å². The molecule has 5 nitrogen and oxygen atoms in total. The molecule has 0 fully saturated rings. The summed E-state index contributed by atoms with van der Waals surface area (Å²) >= 11 is 0. The highest BCUT2D eigenvalue weighted by atomic mass is 32.2. The zero-order chi connectivity index (χ0) is 9.12. The molecule has 64 valence electrons. The zero-order valence-corrected chi connectivity index (χ0v) is 7.27. The van der Waals surface area contributed by atoms with Gasteiger partial charge >= 0.3 is 0 Å². The lowest BCUT2D eigenvalue weighted by Gasteiger charge is -2.13. The quantitative estimate of drug-likeness (QED) is 0.598. The smallest absolute Gasteiger partial charge is 0.216 e. The molecule has 0 aliphatic heterocycles. The number of nitrogens with zero attached hydrogens (tertiary/aromatic N) is 1. The molecule has 0 aromatic rings. The topological polar surface area (TPSA) is 96.0 Å². The van der Waals surface area contributed by atoms with Gasteiger partial charge in [0.05, 0.1) is 11.5 Å². The van der Waals surface area contributed by atoms with Crippen LogP contribution < -0.4 is 9.86 Å². The van der Waals surface area contributed by atoms with Crippen molar-refractivity contribution in [2.45, 2.75) is 13.8 Å². The van der Waals surface area contributed by atoms with E-state index in [1.807, 2.05) is 10.8 Å². The molecule has 6 heteroatoms. The van der Waals surface area contributed by atoms with E-state index in [-0.39, 0.29) is 6.54 Å². The van der Waals surface area contributed by atoms with E-state index in [0.717, 1.165) is 0 Å². The van der Waals surface area contributed by atoms with Crippen LogP contribution in [0.1, 0.15) is 13.8 Å². The van der Waals surface area contributed by atoms with Crippen molar-refractivity contribution in [3.63, 3.8) is 0 Å². The van der Waals surface area contributed by atoms with E-state index in [2.05, 4.69) is 5.14 Å². The molecule has 0 atom stereocenters. The van der Waals surface area contributed by atoms with Gasteiger partial charge in [0.2, 0.25) is 0 Å². The fraction of sp³-hybridized carbons (Fsp3) is 0.800. The summed E-state index contributed by atoms with van der Waals surface area (Å²) in [4.78, 5) is 0. The lowest BCUT2D eigenvalue weighted by molar-refractivity contribution is 0.479. The second-order valence-electron chi connectivity index (χ2n) is 2.86. The fourth-order valence-electron chi connectivity index (χ4n) is 0.321. The monoisotopic (exact) mass is 177 g/mol. The largest absolute Gasteiger partial charge is 0.274 e. The minimum Gasteiger partial charge on any atom is -0.216 e. The maximum Gasteiger partial charge on any atom is 0.274 e. The predicted molar refractivity (Wildman–Crippen MR) is 40.5 cm³/mol. The van der Waals surface area contributed by atoms with E-state index in [9.17, 15) is 8.42 Å². The average molecular weight is 177 g/mol. The Morgan fingerprint density at radius 3 is 2.36 bits per heavy atom. The van der Waals surface area contributed by atoms with Gasteiger partial charge in [-0.2, -0.15) is 13.7 Å². The minimum atomic E-state index is -3.67. The van der Waals surface area contributed by atoms with Crippen molar-refractivity contribution in [2.75, 3.05) is 6.54 Å². The van der Waals surface area contributed by atoms with Crippen molar-refractivity contribution < 1.29 is 8.42 Å². The van der Waals surface area contributed by atoms with Gasteiger partial charge in [-0.1, -0.05) is 0 Å². The van der Waals surface area contributed by atoms with E-state index in [4.69, 9.17) is 5.26 Å². The Hall–Kier alpha value is -0.640. The molecule has 0 saturated carbocycles. The Morgan fingerprint density at radius 2 is 2.09 bits per heavy atom. The lowest BCUT2D eigenvalue weighted by atomic mass is 9.97. The van der Waals surface area contributed by atoms with Gasteiger partial charge < -0.3 is 0 Å². The predicted octanol–water partition coefficient (Wildman–Crippen LogP) is -0.671. The molecule has 3 N–H and O–H groups in total. The molecule has 0 bridgehead atoms. The van der Waals surface area contributed by atoms with Crippen molar-refractivity contribution in [3.8, 4) is 6.07 Å². The Morgan fingerprint density at radius 1 is 1.64 bits per heavy atom. The fourth-order valence-corrected chi connectivity index (χ4v) is 0.883. The normalized spacial score (nSPS) is 12.5. The van der Waals surface area contributed by atoms with Crippen LogP contribution in [0.2, 0.25) is 0 Å². The number of rotatable bonds is 3. The number of hydrogen-bond acceptors (Lipinski definition) is 3. The standard InChI is InChI=1S/C5H11N3O2S/c1-5(2,3-6)4-8-11(7,9)10/h8H,4H2,1-2H3,(H2,7,9,10). The molecule has 0 spiro atoms. The van der Waals surface area contributed by atoms with E-state index >= 15 is 0 Å². The number of nitriles is 1. The summed E-state index contributed by atoms with van der Waals surface area (Å²) in [5.74, 6) is 0. The van der Waals surface area contributed by atoms with Gasteiger partial charge in [0.25, 0.3) is 10.2 Å². The molecule has 0 rings (SSSR count). The molecule has 0 aromatic carbocycles. The molecule has 0 amide bonds.